The zero-order valence-corrected chi connectivity index (χ0v) is 18.8. The number of hydrogen-bond donors (Lipinski definition) is 0. The first-order valence-corrected chi connectivity index (χ1v) is 11.1. The Morgan fingerprint density at radius 2 is 1.69 bits per heavy atom. The van der Waals surface area contributed by atoms with Crippen molar-refractivity contribution in [2.75, 3.05) is 31.1 Å². The standard InChI is InChI=1S/C26H28N4O2/c1-26(2,3)32-25(31)30-14-12-29(13-15-30)19-8-10-27-22(17-19)21-9-11-28-23-16-18-6-4-5-7-20(18)24(21)23/h4-11,17H,12-16H2,1-3H3. The molecule has 1 amide bonds. The molecule has 0 spiro atoms. The van der Waals surface area contributed by atoms with E-state index < -0.39 is 5.60 Å². The van der Waals surface area contributed by atoms with E-state index in [-0.39, 0.29) is 6.09 Å². The van der Waals surface area contributed by atoms with E-state index in [1.165, 1.54) is 16.7 Å². The fraction of sp³-hybridized carbons (Fsp3) is 0.346. The van der Waals surface area contributed by atoms with E-state index in [1.54, 1.807) is 4.90 Å². The zero-order chi connectivity index (χ0) is 22.3. The molecule has 1 saturated heterocycles. The van der Waals surface area contributed by atoms with Crippen LogP contribution in [0.3, 0.4) is 0 Å². The molecular formula is C26H28N4O2. The number of piperazine rings is 1. The normalized spacial score (nSPS) is 15.3. The summed E-state index contributed by atoms with van der Waals surface area (Å²) in [4.78, 5) is 25.8. The Hall–Kier alpha value is -3.41. The van der Waals surface area contributed by atoms with Crippen molar-refractivity contribution in [2.45, 2.75) is 32.8 Å². The van der Waals surface area contributed by atoms with Crippen molar-refractivity contribution in [1.82, 2.24) is 14.9 Å². The first-order valence-electron chi connectivity index (χ1n) is 11.1. The van der Waals surface area contributed by atoms with Crippen molar-refractivity contribution in [3.05, 3.63) is 66.1 Å². The molecule has 0 N–H and O–H groups in total. The molecule has 6 heteroatoms. The van der Waals surface area contributed by atoms with E-state index in [4.69, 9.17) is 9.72 Å². The smallest absolute Gasteiger partial charge is 0.410 e. The first kappa shape index (κ1) is 20.5. The van der Waals surface area contributed by atoms with Gasteiger partial charge in [-0.3, -0.25) is 9.97 Å². The predicted octanol–water partition coefficient (Wildman–Crippen LogP) is 4.77. The molecule has 6 nitrogen and oxygen atoms in total. The van der Waals surface area contributed by atoms with Gasteiger partial charge in [0.05, 0.1) is 11.4 Å². The maximum Gasteiger partial charge on any atom is 0.410 e. The number of carbonyl (C=O) groups is 1. The minimum Gasteiger partial charge on any atom is -0.444 e. The van der Waals surface area contributed by atoms with E-state index in [0.29, 0.717) is 13.1 Å². The highest BCUT2D eigenvalue weighted by atomic mass is 16.6. The van der Waals surface area contributed by atoms with Crippen LogP contribution in [0.2, 0.25) is 0 Å². The summed E-state index contributed by atoms with van der Waals surface area (Å²) in [6.07, 6.45) is 4.39. The van der Waals surface area contributed by atoms with Gasteiger partial charge in [-0.15, -0.1) is 0 Å². The van der Waals surface area contributed by atoms with E-state index in [0.717, 1.165) is 42.1 Å². The fourth-order valence-corrected chi connectivity index (χ4v) is 4.49. The molecule has 1 aliphatic heterocycles. The number of hydrogen-bond acceptors (Lipinski definition) is 5. The summed E-state index contributed by atoms with van der Waals surface area (Å²) in [5, 5.41) is 0. The van der Waals surface area contributed by atoms with Crippen LogP contribution in [0.15, 0.2) is 54.9 Å². The molecule has 5 rings (SSSR count). The fourth-order valence-electron chi connectivity index (χ4n) is 4.49. The van der Waals surface area contributed by atoms with Crippen molar-refractivity contribution in [2.24, 2.45) is 0 Å². The number of nitrogens with zero attached hydrogens (tertiary/aromatic N) is 4. The number of carbonyl (C=O) groups excluding carboxylic acids is 1. The SMILES string of the molecule is CC(C)(C)OC(=O)N1CCN(c2ccnc(-c3ccnc4c3-c3ccccc3C4)c2)CC1. The average molecular weight is 429 g/mol. The molecule has 32 heavy (non-hydrogen) atoms. The lowest BCUT2D eigenvalue weighted by Gasteiger charge is -2.36. The van der Waals surface area contributed by atoms with Gasteiger partial charge in [-0.1, -0.05) is 24.3 Å². The predicted molar refractivity (Wildman–Crippen MR) is 126 cm³/mol. The number of aromatic nitrogens is 2. The molecule has 1 aliphatic carbocycles. The minimum atomic E-state index is -0.475. The topological polar surface area (TPSA) is 58.6 Å². The summed E-state index contributed by atoms with van der Waals surface area (Å²) in [6, 6.07) is 14.8. The second-order valence-corrected chi connectivity index (χ2v) is 9.37. The maximum absolute atomic E-state index is 12.4. The van der Waals surface area contributed by atoms with Gasteiger partial charge in [0.2, 0.25) is 0 Å². The monoisotopic (exact) mass is 428 g/mol. The number of fused-ring (bicyclic) bond motifs is 3. The third-order valence-corrected chi connectivity index (χ3v) is 5.99. The Morgan fingerprint density at radius 1 is 0.938 bits per heavy atom. The van der Waals surface area contributed by atoms with Crippen LogP contribution in [-0.4, -0.2) is 52.7 Å². The highest BCUT2D eigenvalue weighted by molar-refractivity contribution is 5.88. The summed E-state index contributed by atoms with van der Waals surface area (Å²) < 4.78 is 5.52. The lowest BCUT2D eigenvalue weighted by Crippen LogP contribution is -2.50. The number of rotatable bonds is 2. The van der Waals surface area contributed by atoms with E-state index in [2.05, 4.69) is 46.3 Å². The Labute approximate surface area is 188 Å². The number of pyridine rings is 2. The van der Waals surface area contributed by atoms with Gasteiger partial charge in [-0.05, 0) is 50.1 Å². The molecule has 1 aromatic carbocycles. The summed E-state index contributed by atoms with van der Waals surface area (Å²) in [5.41, 5.74) is 7.60. The van der Waals surface area contributed by atoms with Crippen molar-refractivity contribution < 1.29 is 9.53 Å². The highest BCUT2D eigenvalue weighted by Crippen LogP contribution is 2.41. The minimum absolute atomic E-state index is 0.237. The summed E-state index contributed by atoms with van der Waals surface area (Å²) >= 11 is 0. The van der Waals surface area contributed by atoms with Gasteiger partial charge >= 0.3 is 6.09 Å². The highest BCUT2D eigenvalue weighted by Gasteiger charge is 2.27. The van der Waals surface area contributed by atoms with Crippen molar-refractivity contribution in [3.8, 4) is 22.4 Å². The second kappa shape index (κ2) is 7.93. The second-order valence-electron chi connectivity index (χ2n) is 9.37. The molecule has 3 aromatic rings. The van der Waals surface area contributed by atoms with Crippen molar-refractivity contribution in [3.63, 3.8) is 0 Å². The molecule has 0 bridgehead atoms. The third-order valence-electron chi connectivity index (χ3n) is 5.99. The Morgan fingerprint density at radius 3 is 2.47 bits per heavy atom. The van der Waals surface area contributed by atoms with Gasteiger partial charge < -0.3 is 14.5 Å². The Kier molecular flexibility index (Phi) is 5.08. The Bertz CT molecular complexity index is 1160. The summed E-state index contributed by atoms with van der Waals surface area (Å²) in [7, 11) is 0. The van der Waals surface area contributed by atoms with E-state index >= 15 is 0 Å². The molecule has 0 unspecified atom stereocenters. The molecule has 2 aromatic heterocycles. The molecule has 1 fully saturated rings. The maximum atomic E-state index is 12.4. The molecule has 0 saturated carbocycles. The number of anilines is 1. The Balaban J connectivity index is 1.37. The molecule has 3 heterocycles. The lowest BCUT2D eigenvalue weighted by molar-refractivity contribution is 0.0240. The van der Waals surface area contributed by atoms with Crippen LogP contribution >= 0.6 is 0 Å². The number of benzene rings is 1. The van der Waals surface area contributed by atoms with E-state index in [9.17, 15) is 4.79 Å². The first-order chi connectivity index (χ1) is 15.4. The molecule has 164 valence electrons. The third kappa shape index (κ3) is 3.93. The van der Waals surface area contributed by atoms with Crippen LogP contribution in [0.4, 0.5) is 10.5 Å². The molecular weight excluding hydrogens is 400 g/mol. The zero-order valence-electron chi connectivity index (χ0n) is 18.8. The number of amides is 1. The average Bonchev–Trinajstić information content (AvgIpc) is 3.17. The van der Waals surface area contributed by atoms with Crippen LogP contribution in [0.1, 0.15) is 32.0 Å². The van der Waals surface area contributed by atoms with Gasteiger partial charge in [0.1, 0.15) is 5.60 Å². The van der Waals surface area contributed by atoms with Gasteiger partial charge in [0.15, 0.2) is 0 Å². The van der Waals surface area contributed by atoms with Gasteiger partial charge in [0.25, 0.3) is 0 Å². The van der Waals surface area contributed by atoms with Crippen LogP contribution in [0.25, 0.3) is 22.4 Å². The van der Waals surface area contributed by atoms with Crippen LogP contribution < -0.4 is 4.90 Å². The molecule has 0 radical (unpaired) electrons. The quantitative estimate of drug-likeness (QED) is 0.460. The van der Waals surface area contributed by atoms with Crippen molar-refractivity contribution in [1.29, 1.82) is 0 Å². The van der Waals surface area contributed by atoms with Crippen LogP contribution in [0.5, 0.6) is 0 Å². The largest absolute Gasteiger partial charge is 0.444 e. The number of ether oxygens (including phenoxy) is 1. The summed E-state index contributed by atoms with van der Waals surface area (Å²) in [5.74, 6) is 0. The van der Waals surface area contributed by atoms with Crippen molar-refractivity contribution >= 4 is 11.8 Å². The van der Waals surface area contributed by atoms with Crippen LogP contribution in [0, 0.1) is 0 Å². The molecule has 2 aliphatic rings. The molecule has 0 atom stereocenters. The summed E-state index contributed by atoms with van der Waals surface area (Å²) in [6.45, 7) is 8.50. The lowest BCUT2D eigenvalue weighted by atomic mass is 9.99. The van der Waals surface area contributed by atoms with Gasteiger partial charge in [-0.2, -0.15) is 0 Å². The van der Waals surface area contributed by atoms with E-state index in [1.807, 2.05) is 39.2 Å². The van der Waals surface area contributed by atoms with Crippen LogP contribution in [-0.2, 0) is 11.2 Å². The van der Waals surface area contributed by atoms with Gasteiger partial charge in [-0.25, -0.2) is 4.79 Å². The van der Waals surface area contributed by atoms with Gasteiger partial charge in [0, 0.05) is 61.8 Å².